The molecule has 214 valence electrons. The maximum atomic E-state index is 11.1. The van der Waals surface area contributed by atoms with Gasteiger partial charge in [-0.2, -0.15) is 4.98 Å². The highest BCUT2D eigenvalue weighted by atomic mass is 16.6. The number of pyridine rings is 2. The Hall–Kier alpha value is -4.59. The summed E-state index contributed by atoms with van der Waals surface area (Å²) in [4.78, 5) is 34.8. The normalized spacial score (nSPS) is 19.2. The number of fused-ring (bicyclic) bond motifs is 1. The summed E-state index contributed by atoms with van der Waals surface area (Å²) in [6.45, 7) is 2.87. The third-order valence-electron chi connectivity index (χ3n) is 7.40. The first kappa shape index (κ1) is 26.6. The van der Waals surface area contributed by atoms with Crippen LogP contribution in [0.3, 0.4) is 0 Å². The second-order valence-electron chi connectivity index (χ2n) is 10.1. The number of anilines is 2. The molecule has 14 nitrogen and oxygen atoms in total. The molecule has 0 bridgehead atoms. The minimum absolute atomic E-state index is 0.0000488. The quantitative estimate of drug-likeness (QED) is 0.235. The standard InChI is InChI=1S/C27H31N9O5/c1-34-19(15-31-27(34)36(37)38)17-40-21-13-22-23(30-16-21)14-24(35-9-11-39-12-10-35)33-25(22)41-20-5-3-18(4-6-20)32-26-28-7-2-8-29-26/h2,7-8,13-16,18,20H,3-6,9-12,17H2,1H3,(H,28,29,32). The minimum atomic E-state index is -0.526. The summed E-state index contributed by atoms with van der Waals surface area (Å²) in [7, 11) is 1.59. The number of aromatic nitrogens is 6. The fraction of sp³-hybridized carbons (Fsp3) is 0.444. The SMILES string of the molecule is Cn1c(COc2cnc3cc(N4CCOCC4)nc(OC4CCC(Nc5ncccn5)CC4)c3c2)cnc1[N+](=O)[O-]. The van der Waals surface area contributed by atoms with Crippen LogP contribution in [0.5, 0.6) is 11.6 Å². The largest absolute Gasteiger partial charge is 0.484 e. The number of hydrogen-bond donors (Lipinski definition) is 1. The van der Waals surface area contributed by atoms with Crippen LogP contribution in [0.15, 0.2) is 43.0 Å². The molecule has 1 N–H and O–H groups in total. The molecule has 1 saturated carbocycles. The molecule has 0 unspecified atom stereocenters. The van der Waals surface area contributed by atoms with E-state index in [0.29, 0.717) is 36.5 Å². The summed E-state index contributed by atoms with van der Waals surface area (Å²) >= 11 is 0. The predicted octanol–water partition coefficient (Wildman–Crippen LogP) is 3.28. The maximum Gasteiger partial charge on any atom is 0.434 e. The number of nitro groups is 1. The lowest BCUT2D eigenvalue weighted by molar-refractivity contribution is -0.396. The van der Waals surface area contributed by atoms with Gasteiger partial charge in [-0.25, -0.2) is 14.5 Å². The summed E-state index contributed by atoms with van der Waals surface area (Å²) in [5.74, 6) is 2.22. The van der Waals surface area contributed by atoms with Crippen LogP contribution in [0.2, 0.25) is 0 Å². The number of rotatable bonds is 9. The number of hydrogen-bond acceptors (Lipinski definition) is 12. The molecule has 0 radical (unpaired) electrons. The Morgan fingerprint density at radius 1 is 1.07 bits per heavy atom. The van der Waals surface area contributed by atoms with Crippen LogP contribution >= 0.6 is 0 Å². The second kappa shape index (κ2) is 11.9. The van der Waals surface area contributed by atoms with Gasteiger partial charge < -0.3 is 34.5 Å². The molecule has 2 aliphatic rings. The Kier molecular flexibility index (Phi) is 7.71. The maximum absolute atomic E-state index is 11.1. The number of morpholine rings is 1. The van der Waals surface area contributed by atoms with Crippen molar-refractivity contribution in [2.45, 2.75) is 44.4 Å². The van der Waals surface area contributed by atoms with Crippen LogP contribution in [0.4, 0.5) is 17.7 Å². The van der Waals surface area contributed by atoms with Crippen LogP contribution in [0, 0.1) is 10.1 Å². The average molecular weight is 562 g/mol. The first-order valence-electron chi connectivity index (χ1n) is 13.6. The summed E-state index contributed by atoms with van der Waals surface area (Å²) in [5, 5.41) is 15.3. The fourth-order valence-corrected chi connectivity index (χ4v) is 5.12. The van der Waals surface area contributed by atoms with Crippen molar-refractivity contribution in [1.29, 1.82) is 0 Å². The zero-order valence-corrected chi connectivity index (χ0v) is 22.7. The average Bonchev–Trinajstić information content (AvgIpc) is 3.38. The smallest absolute Gasteiger partial charge is 0.434 e. The van der Waals surface area contributed by atoms with E-state index in [1.54, 1.807) is 31.7 Å². The Morgan fingerprint density at radius 3 is 2.59 bits per heavy atom. The van der Waals surface area contributed by atoms with Crippen molar-refractivity contribution in [2.75, 3.05) is 36.5 Å². The van der Waals surface area contributed by atoms with Gasteiger partial charge in [0.1, 0.15) is 30.5 Å². The van der Waals surface area contributed by atoms with E-state index in [4.69, 9.17) is 19.2 Å². The third-order valence-corrected chi connectivity index (χ3v) is 7.40. The van der Waals surface area contributed by atoms with Crippen molar-refractivity contribution in [3.8, 4) is 11.6 Å². The van der Waals surface area contributed by atoms with Gasteiger partial charge in [0.05, 0.1) is 37.4 Å². The van der Waals surface area contributed by atoms with Gasteiger partial charge in [0.2, 0.25) is 11.8 Å². The first-order valence-corrected chi connectivity index (χ1v) is 13.6. The molecule has 0 aromatic carbocycles. The highest BCUT2D eigenvalue weighted by Crippen LogP contribution is 2.33. The molecule has 0 spiro atoms. The lowest BCUT2D eigenvalue weighted by atomic mass is 9.93. The molecule has 1 saturated heterocycles. The fourth-order valence-electron chi connectivity index (χ4n) is 5.12. The Balaban J connectivity index is 1.21. The van der Waals surface area contributed by atoms with Gasteiger partial charge in [0.25, 0.3) is 0 Å². The summed E-state index contributed by atoms with van der Waals surface area (Å²) < 4.78 is 19.4. The molecule has 41 heavy (non-hydrogen) atoms. The van der Waals surface area contributed by atoms with Gasteiger partial charge >= 0.3 is 5.95 Å². The van der Waals surface area contributed by atoms with Crippen LogP contribution < -0.4 is 19.7 Å². The van der Waals surface area contributed by atoms with E-state index in [0.717, 1.165) is 55.5 Å². The monoisotopic (exact) mass is 561 g/mol. The topological polar surface area (TPSA) is 155 Å². The van der Waals surface area contributed by atoms with Crippen molar-refractivity contribution >= 4 is 28.6 Å². The van der Waals surface area contributed by atoms with Crippen molar-refractivity contribution < 1.29 is 19.1 Å². The molecule has 14 heteroatoms. The van der Waals surface area contributed by atoms with E-state index in [9.17, 15) is 10.1 Å². The second-order valence-corrected chi connectivity index (χ2v) is 10.1. The molecular formula is C27H31N9O5. The third kappa shape index (κ3) is 6.11. The van der Waals surface area contributed by atoms with E-state index >= 15 is 0 Å². The van der Waals surface area contributed by atoms with Gasteiger partial charge in [-0.3, -0.25) is 4.98 Å². The highest BCUT2D eigenvalue weighted by molar-refractivity contribution is 5.87. The van der Waals surface area contributed by atoms with E-state index < -0.39 is 4.92 Å². The van der Waals surface area contributed by atoms with Crippen LogP contribution in [0.25, 0.3) is 10.9 Å². The Labute approximate surface area is 235 Å². The van der Waals surface area contributed by atoms with Crippen molar-refractivity contribution in [3.05, 3.63) is 58.8 Å². The first-order chi connectivity index (χ1) is 20.0. The van der Waals surface area contributed by atoms with Gasteiger partial charge in [-0.15, -0.1) is 0 Å². The zero-order chi connectivity index (χ0) is 28.2. The van der Waals surface area contributed by atoms with Gasteiger partial charge in [-0.1, -0.05) is 4.98 Å². The number of nitrogens with one attached hydrogen (secondary N) is 1. The molecule has 0 amide bonds. The molecule has 2 fully saturated rings. The van der Waals surface area contributed by atoms with Crippen LogP contribution in [-0.2, 0) is 18.4 Å². The summed E-state index contributed by atoms with van der Waals surface area (Å²) in [5.41, 5.74) is 1.32. The molecule has 4 aromatic rings. The molecule has 1 aliphatic carbocycles. The zero-order valence-electron chi connectivity index (χ0n) is 22.7. The number of nitrogens with zero attached hydrogens (tertiary/aromatic N) is 8. The Morgan fingerprint density at radius 2 is 1.85 bits per heavy atom. The Bertz CT molecular complexity index is 1500. The molecule has 1 aliphatic heterocycles. The van der Waals surface area contributed by atoms with E-state index in [1.165, 1.54) is 10.8 Å². The molecule has 0 atom stereocenters. The lowest BCUT2D eigenvalue weighted by Gasteiger charge is -2.31. The van der Waals surface area contributed by atoms with E-state index in [1.807, 2.05) is 12.1 Å². The molecule has 6 rings (SSSR count). The summed E-state index contributed by atoms with van der Waals surface area (Å²) in [6.07, 6.45) is 10.1. The van der Waals surface area contributed by atoms with Crippen molar-refractivity contribution in [2.24, 2.45) is 7.05 Å². The van der Waals surface area contributed by atoms with Crippen molar-refractivity contribution in [3.63, 3.8) is 0 Å². The minimum Gasteiger partial charge on any atom is -0.484 e. The van der Waals surface area contributed by atoms with Gasteiger partial charge in [-0.05, 0) is 42.7 Å². The van der Waals surface area contributed by atoms with Crippen molar-refractivity contribution in [1.82, 2.24) is 29.5 Å². The molecule has 5 heterocycles. The van der Waals surface area contributed by atoms with E-state index in [-0.39, 0.29) is 24.7 Å². The molecular weight excluding hydrogens is 530 g/mol. The number of ether oxygens (including phenoxy) is 3. The molecule has 4 aromatic heterocycles. The van der Waals surface area contributed by atoms with Crippen LogP contribution in [0.1, 0.15) is 31.4 Å². The van der Waals surface area contributed by atoms with Gasteiger partial charge in [0, 0.05) is 37.6 Å². The number of imidazole rings is 1. The van der Waals surface area contributed by atoms with Gasteiger partial charge in [0.15, 0.2) is 5.69 Å². The highest BCUT2D eigenvalue weighted by Gasteiger charge is 2.25. The summed E-state index contributed by atoms with van der Waals surface area (Å²) in [6, 6.07) is 5.90. The predicted molar refractivity (Wildman–Crippen MR) is 149 cm³/mol. The lowest BCUT2D eigenvalue weighted by Crippen LogP contribution is -2.37. The van der Waals surface area contributed by atoms with Crippen LogP contribution in [-0.4, -0.2) is 72.9 Å². The van der Waals surface area contributed by atoms with E-state index in [2.05, 4.69) is 30.2 Å².